The van der Waals surface area contributed by atoms with Crippen molar-refractivity contribution in [3.05, 3.63) is 41.0 Å². The highest BCUT2D eigenvalue weighted by atomic mass is 35.5. The Balaban J connectivity index is 1.33. The lowest BCUT2D eigenvalue weighted by atomic mass is 9.92. The van der Waals surface area contributed by atoms with Crippen LogP contribution in [0.5, 0.6) is 0 Å². The Morgan fingerprint density at radius 1 is 1.06 bits per heavy atom. The Labute approximate surface area is 195 Å². The molecule has 4 rings (SSSR count). The van der Waals surface area contributed by atoms with E-state index in [2.05, 4.69) is 68.5 Å². The Bertz CT molecular complexity index is 889. The van der Waals surface area contributed by atoms with E-state index in [0.717, 1.165) is 32.0 Å². The summed E-state index contributed by atoms with van der Waals surface area (Å²) in [5, 5.41) is 7.23. The zero-order valence-electron chi connectivity index (χ0n) is 18.3. The summed E-state index contributed by atoms with van der Waals surface area (Å²) in [5.74, 6) is 2.54. The molecule has 2 fully saturated rings. The first-order chi connectivity index (χ1) is 15.0. The maximum absolute atomic E-state index is 6.28. The van der Waals surface area contributed by atoms with Crippen LogP contribution in [-0.2, 0) is 6.54 Å². The fraction of sp³-hybridized carbons (Fsp3) is 0.522. The highest BCUT2D eigenvalue weighted by Crippen LogP contribution is 2.27. The van der Waals surface area contributed by atoms with Gasteiger partial charge in [0, 0.05) is 44.5 Å². The number of hydrogen-bond acceptors (Lipinski definition) is 5. The van der Waals surface area contributed by atoms with Crippen LogP contribution in [0.25, 0.3) is 0 Å². The molecule has 2 aromatic rings. The van der Waals surface area contributed by atoms with Gasteiger partial charge in [-0.2, -0.15) is 4.98 Å². The number of hydrogen-bond donors (Lipinski definition) is 2. The molecule has 166 valence electrons. The summed E-state index contributed by atoms with van der Waals surface area (Å²) in [6.45, 7) is 9.47. The lowest BCUT2D eigenvalue weighted by molar-refractivity contribution is 0.355. The molecule has 8 heteroatoms. The molecule has 0 aliphatic carbocycles. The first-order valence-corrected chi connectivity index (χ1v) is 11.9. The van der Waals surface area contributed by atoms with E-state index in [1.165, 1.54) is 30.5 Å². The van der Waals surface area contributed by atoms with E-state index in [1.54, 1.807) is 0 Å². The first kappa shape index (κ1) is 22.1. The summed E-state index contributed by atoms with van der Waals surface area (Å²) in [7, 11) is 0. The van der Waals surface area contributed by atoms with Crippen LogP contribution in [0.1, 0.15) is 38.7 Å². The molecule has 1 aromatic heterocycles. The van der Waals surface area contributed by atoms with Crippen molar-refractivity contribution in [2.45, 2.75) is 39.7 Å². The van der Waals surface area contributed by atoms with Gasteiger partial charge >= 0.3 is 0 Å². The van der Waals surface area contributed by atoms with Crippen LogP contribution in [-0.4, -0.2) is 41.3 Å². The molecule has 2 aliphatic heterocycles. The number of nitrogens with one attached hydrogen (secondary N) is 2. The van der Waals surface area contributed by atoms with E-state index in [-0.39, 0.29) is 0 Å². The van der Waals surface area contributed by atoms with Gasteiger partial charge in [0.1, 0.15) is 11.0 Å². The third-order valence-corrected chi connectivity index (χ3v) is 6.40. The number of aromatic nitrogens is 2. The number of anilines is 3. The van der Waals surface area contributed by atoms with Gasteiger partial charge in [0.2, 0.25) is 5.95 Å². The number of piperidine rings is 1. The molecular formula is C23H31ClN6S. The monoisotopic (exact) mass is 458 g/mol. The number of rotatable bonds is 5. The van der Waals surface area contributed by atoms with Crippen molar-refractivity contribution in [3.63, 3.8) is 0 Å². The maximum Gasteiger partial charge on any atom is 0.232 e. The van der Waals surface area contributed by atoms with Crippen molar-refractivity contribution >= 4 is 46.4 Å². The molecular weight excluding hydrogens is 428 g/mol. The minimum absolute atomic E-state index is 0.415. The standard InChI is InChI=1S/C23H31ClN6S/c1-16-11-17(2)15-30(14-16)21-12-20(24)26-22(27-21)28-23(31)25-13-18-5-7-19(8-6-18)29-9-3-4-10-29/h5-8,12,16-17H,3-4,9-11,13-15H2,1-2H3,(H2,25,26,27,28,31)/t16-,17-/m1/s1. The van der Waals surface area contributed by atoms with Gasteiger partial charge in [-0.05, 0) is 61.0 Å². The second kappa shape index (κ2) is 10.0. The normalized spacial score (nSPS) is 21.3. The van der Waals surface area contributed by atoms with Crippen molar-refractivity contribution in [3.8, 4) is 0 Å². The van der Waals surface area contributed by atoms with Gasteiger partial charge in [0.25, 0.3) is 0 Å². The molecule has 31 heavy (non-hydrogen) atoms. The molecule has 0 radical (unpaired) electrons. The van der Waals surface area contributed by atoms with Gasteiger partial charge in [-0.15, -0.1) is 0 Å². The Morgan fingerprint density at radius 3 is 2.42 bits per heavy atom. The highest BCUT2D eigenvalue weighted by Gasteiger charge is 2.23. The minimum Gasteiger partial charge on any atom is -0.372 e. The van der Waals surface area contributed by atoms with Gasteiger partial charge in [0.15, 0.2) is 5.11 Å². The van der Waals surface area contributed by atoms with E-state index < -0.39 is 0 Å². The third kappa shape index (κ3) is 5.98. The smallest absolute Gasteiger partial charge is 0.232 e. The first-order valence-electron chi connectivity index (χ1n) is 11.1. The van der Waals surface area contributed by atoms with Crippen LogP contribution in [0.15, 0.2) is 30.3 Å². The lowest BCUT2D eigenvalue weighted by Crippen LogP contribution is -2.39. The Morgan fingerprint density at radius 2 is 1.74 bits per heavy atom. The van der Waals surface area contributed by atoms with E-state index in [1.807, 2.05) is 6.07 Å². The van der Waals surface area contributed by atoms with Gasteiger partial charge in [0.05, 0.1) is 0 Å². The summed E-state index contributed by atoms with van der Waals surface area (Å²) in [5.41, 5.74) is 2.47. The largest absolute Gasteiger partial charge is 0.372 e. The average molecular weight is 459 g/mol. The summed E-state index contributed by atoms with van der Waals surface area (Å²) in [6.07, 6.45) is 3.81. The Kier molecular flexibility index (Phi) is 7.13. The molecule has 2 N–H and O–H groups in total. The van der Waals surface area contributed by atoms with E-state index in [4.69, 9.17) is 23.8 Å². The fourth-order valence-corrected chi connectivity index (χ4v) is 4.94. The zero-order chi connectivity index (χ0) is 21.8. The predicted octanol–water partition coefficient (Wildman–Crippen LogP) is 4.70. The van der Waals surface area contributed by atoms with Gasteiger partial charge in [-0.3, -0.25) is 0 Å². The van der Waals surface area contributed by atoms with Crippen molar-refractivity contribution < 1.29 is 0 Å². The minimum atomic E-state index is 0.415. The van der Waals surface area contributed by atoms with E-state index in [9.17, 15) is 0 Å². The van der Waals surface area contributed by atoms with Crippen LogP contribution in [0.4, 0.5) is 17.5 Å². The van der Waals surface area contributed by atoms with Crippen molar-refractivity contribution in [1.82, 2.24) is 15.3 Å². The van der Waals surface area contributed by atoms with Crippen LogP contribution >= 0.6 is 23.8 Å². The lowest BCUT2D eigenvalue weighted by Gasteiger charge is -2.35. The second-order valence-corrected chi connectivity index (χ2v) is 9.69. The van der Waals surface area contributed by atoms with Crippen molar-refractivity contribution in [2.75, 3.05) is 41.3 Å². The average Bonchev–Trinajstić information content (AvgIpc) is 3.26. The summed E-state index contributed by atoms with van der Waals surface area (Å²) < 4.78 is 0. The summed E-state index contributed by atoms with van der Waals surface area (Å²) >= 11 is 11.7. The topological polar surface area (TPSA) is 56.3 Å². The molecule has 3 heterocycles. The number of benzene rings is 1. The van der Waals surface area contributed by atoms with Crippen LogP contribution < -0.4 is 20.4 Å². The van der Waals surface area contributed by atoms with Gasteiger partial charge < -0.3 is 20.4 Å². The van der Waals surface area contributed by atoms with E-state index >= 15 is 0 Å². The van der Waals surface area contributed by atoms with Crippen LogP contribution in [0.3, 0.4) is 0 Å². The molecule has 0 saturated carbocycles. The molecule has 2 aliphatic rings. The third-order valence-electron chi connectivity index (χ3n) is 5.96. The van der Waals surface area contributed by atoms with E-state index in [0.29, 0.717) is 34.6 Å². The molecule has 6 nitrogen and oxygen atoms in total. The molecule has 0 amide bonds. The van der Waals surface area contributed by atoms with Gasteiger partial charge in [-0.25, -0.2) is 4.98 Å². The predicted molar refractivity (Wildman–Crippen MR) is 133 cm³/mol. The SMILES string of the molecule is C[C@@H]1C[C@@H](C)CN(c2cc(Cl)nc(NC(=S)NCc3ccc(N4CCCC4)cc3)n2)C1. The maximum atomic E-state index is 6.28. The molecule has 0 spiro atoms. The molecule has 2 atom stereocenters. The van der Waals surface area contributed by atoms with Crippen molar-refractivity contribution in [2.24, 2.45) is 11.8 Å². The molecule has 2 saturated heterocycles. The molecule has 1 aromatic carbocycles. The summed E-state index contributed by atoms with van der Waals surface area (Å²) in [4.78, 5) is 13.7. The number of halogens is 1. The zero-order valence-corrected chi connectivity index (χ0v) is 19.8. The van der Waals surface area contributed by atoms with Crippen LogP contribution in [0.2, 0.25) is 5.15 Å². The van der Waals surface area contributed by atoms with Crippen LogP contribution in [0, 0.1) is 11.8 Å². The van der Waals surface area contributed by atoms with Crippen molar-refractivity contribution in [1.29, 1.82) is 0 Å². The molecule has 0 bridgehead atoms. The summed E-state index contributed by atoms with van der Waals surface area (Å²) in [6, 6.07) is 10.5. The fourth-order valence-electron chi connectivity index (χ4n) is 4.60. The molecule has 0 unspecified atom stereocenters. The highest BCUT2D eigenvalue weighted by molar-refractivity contribution is 7.80. The number of thiocarbonyl (C=S) groups is 1. The quantitative estimate of drug-likeness (QED) is 0.497. The second-order valence-electron chi connectivity index (χ2n) is 8.89. The van der Waals surface area contributed by atoms with Gasteiger partial charge in [-0.1, -0.05) is 37.6 Å². The number of nitrogens with zero attached hydrogens (tertiary/aromatic N) is 4. The Hall–Kier alpha value is -2.12.